The van der Waals surface area contributed by atoms with E-state index in [-0.39, 0.29) is 24.1 Å². The number of hydrogen-bond acceptors (Lipinski definition) is 5. The van der Waals surface area contributed by atoms with Gasteiger partial charge in [-0.3, -0.25) is 24.6 Å². The number of imidazole rings is 1. The minimum Gasteiger partial charge on any atom is -0.322 e. The number of likely N-dealkylation sites (tertiary alicyclic amines) is 1. The molecule has 8 nitrogen and oxygen atoms in total. The Kier molecular flexibility index (Phi) is 5.89. The summed E-state index contributed by atoms with van der Waals surface area (Å²) in [5, 5.41) is 2.37. The van der Waals surface area contributed by atoms with Crippen LogP contribution in [0, 0.1) is 0 Å². The van der Waals surface area contributed by atoms with Crippen molar-refractivity contribution in [2.75, 3.05) is 13.1 Å². The summed E-state index contributed by atoms with van der Waals surface area (Å²) in [5.41, 5.74) is 5.36. The zero-order chi connectivity index (χ0) is 24.6. The zero-order valence-corrected chi connectivity index (χ0v) is 20.1. The van der Waals surface area contributed by atoms with E-state index < -0.39 is 6.04 Å². The second kappa shape index (κ2) is 9.35. The lowest BCUT2D eigenvalue weighted by molar-refractivity contribution is -0.136. The van der Waals surface area contributed by atoms with Crippen LogP contribution >= 0.6 is 0 Å². The van der Waals surface area contributed by atoms with Crippen LogP contribution in [0.2, 0.25) is 0 Å². The lowest BCUT2D eigenvalue weighted by Gasteiger charge is -2.32. The molecule has 3 aliphatic rings. The van der Waals surface area contributed by atoms with Gasteiger partial charge < -0.3 is 9.47 Å². The van der Waals surface area contributed by atoms with E-state index >= 15 is 0 Å². The van der Waals surface area contributed by atoms with Crippen molar-refractivity contribution in [2.24, 2.45) is 0 Å². The van der Waals surface area contributed by atoms with Crippen molar-refractivity contribution in [1.82, 2.24) is 24.7 Å². The Bertz CT molecular complexity index is 1290. The first-order valence-corrected chi connectivity index (χ1v) is 12.6. The predicted molar refractivity (Wildman–Crippen MR) is 133 cm³/mol. The summed E-state index contributed by atoms with van der Waals surface area (Å²) in [7, 11) is 0. The number of hydrogen-bond donors (Lipinski definition) is 1. The molecule has 184 valence electrons. The largest absolute Gasteiger partial charge is 0.322 e. The molecule has 0 bridgehead atoms. The summed E-state index contributed by atoms with van der Waals surface area (Å²) in [6, 6.07) is 14.2. The minimum absolute atomic E-state index is 0.111. The van der Waals surface area contributed by atoms with Crippen molar-refractivity contribution in [1.29, 1.82) is 0 Å². The van der Waals surface area contributed by atoms with Crippen LogP contribution in [-0.4, -0.2) is 56.2 Å². The third-order valence-corrected chi connectivity index (χ3v) is 7.75. The monoisotopic (exact) mass is 483 g/mol. The van der Waals surface area contributed by atoms with Crippen LogP contribution in [0.1, 0.15) is 58.6 Å². The average Bonchev–Trinajstić information content (AvgIpc) is 3.54. The Morgan fingerprint density at radius 3 is 2.50 bits per heavy atom. The fourth-order valence-electron chi connectivity index (χ4n) is 5.72. The number of aromatic nitrogens is 2. The number of nitrogens with one attached hydrogen (secondary N) is 1. The van der Waals surface area contributed by atoms with Gasteiger partial charge >= 0.3 is 0 Å². The molecule has 1 aromatic heterocycles. The number of carbonyl (C=O) groups excluding carboxylic acids is 3. The highest BCUT2D eigenvalue weighted by Gasteiger charge is 2.39. The van der Waals surface area contributed by atoms with Gasteiger partial charge in [-0.05, 0) is 73.2 Å². The van der Waals surface area contributed by atoms with Crippen molar-refractivity contribution < 1.29 is 14.4 Å². The molecule has 36 heavy (non-hydrogen) atoms. The molecule has 6 rings (SSSR count). The molecular weight excluding hydrogens is 454 g/mol. The van der Waals surface area contributed by atoms with Gasteiger partial charge in [0.1, 0.15) is 6.04 Å². The number of amides is 3. The Morgan fingerprint density at radius 2 is 1.78 bits per heavy atom. The fraction of sp³-hybridized carbons (Fsp3) is 0.357. The second-order valence-corrected chi connectivity index (χ2v) is 10.0. The van der Waals surface area contributed by atoms with E-state index in [1.165, 1.54) is 11.1 Å². The number of piperidine rings is 2. The highest BCUT2D eigenvalue weighted by atomic mass is 16.2. The van der Waals surface area contributed by atoms with Gasteiger partial charge in [0, 0.05) is 43.2 Å². The first-order valence-electron chi connectivity index (χ1n) is 12.6. The van der Waals surface area contributed by atoms with Crippen molar-refractivity contribution in [3.05, 3.63) is 83.4 Å². The molecule has 1 atom stereocenters. The third-order valence-electron chi connectivity index (χ3n) is 7.75. The van der Waals surface area contributed by atoms with Crippen molar-refractivity contribution in [3.63, 3.8) is 0 Å². The Morgan fingerprint density at radius 1 is 0.972 bits per heavy atom. The van der Waals surface area contributed by atoms with Crippen LogP contribution in [0.5, 0.6) is 0 Å². The third kappa shape index (κ3) is 4.33. The predicted octanol–water partition coefficient (Wildman–Crippen LogP) is 3.01. The summed E-state index contributed by atoms with van der Waals surface area (Å²) >= 11 is 0. The normalized spacial score (nSPS) is 21.1. The second-order valence-electron chi connectivity index (χ2n) is 10.0. The summed E-state index contributed by atoms with van der Waals surface area (Å²) in [6.45, 7) is 3.44. The minimum atomic E-state index is -0.566. The van der Waals surface area contributed by atoms with Gasteiger partial charge in [-0.2, -0.15) is 0 Å². The molecule has 0 radical (unpaired) electrons. The molecule has 3 amide bonds. The van der Waals surface area contributed by atoms with Crippen LogP contribution in [0.25, 0.3) is 5.69 Å². The zero-order valence-electron chi connectivity index (χ0n) is 20.1. The first kappa shape index (κ1) is 22.7. The molecule has 0 spiro atoms. The lowest BCUT2D eigenvalue weighted by atomic mass is 9.87. The van der Waals surface area contributed by atoms with Gasteiger partial charge in [-0.15, -0.1) is 0 Å². The quantitative estimate of drug-likeness (QED) is 0.564. The van der Waals surface area contributed by atoms with Gasteiger partial charge in [-0.1, -0.05) is 24.3 Å². The van der Waals surface area contributed by atoms with E-state index in [2.05, 4.69) is 51.6 Å². The maximum atomic E-state index is 13.0. The standard InChI is InChI=1S/C28H29N5O3/c34-26-8-7-25(27(35)30-26)33-17-22-15-21(3-6-24(22)28(33)36)20-9-12-31(13-10-20)16-19-1-4-23(5-2-19)32-14-11-29-18-32/h1-6,11,14-15,18,20,25H,7-10,12-13,16-17H2,(H,30,34,35). The molecule has 2 aromatic carbocycles. The van der Waals surface area contributed by atoms with Gasteiger partial charge in [0.15, 0.2) is 0 Å². The van der Waals surface area contributed by atoms with E-state index in [4.69, 9.17) is 0 Å². The van der Waals surface area contributed by atoms with Gasteiger partial charge in [0.05, 0.1) is 6.33 Å². The number of rotatable bonds is 5. The van der Waals surface area contributed by atoms with Gasteiger partial charge in [-0.25, -0.2) is 4.98 Å². The molecule has 0 saturated carbocycles. The van der Waals surface area contributed by atoms with Gasteiger partial charge in [0.25, 0.3) is 5.91 Å². The maximum absolute atomic E-state index is 13.0. The summed E-state index contributed by atoms with van der Waals surface area (Å²) in [5.74, 6) is -0.272. The van der Waals surface area contributed by atoms with E-state index in [9.17, 15) is 14.4 Å². The first-order chi connectivity index (χ1) is 17.5. The molecule has 2 fully saturated rings. The summed E-state index contributed by atoms with van der Waals surface area (Å²) in [6.07, 6.45) is 8.36. The van der Waals surface area contributed by atoms with Crippen LogP contribution in [-0.2, 0) is 22.7 Å². The Hall–Kier alpha value is -3.78. The van der Waals surface area contributed by atoms with Crippen LogP contribution < -0.4 is 5.32 Å². The van der Waals surface area contributed by atoms with Crippen LogP contribution in [0.15, 0.2) is 61.2 Å². The molecular formula is C28H29N5O3. The van der Waals surface area contributed by atoms with E-state index in [1.807, 2.05) is 16.8 Å². The molecule has 2 saturated heterocycles. The van der Waals surface area contributed by atoms with E-state index in [0.29, 0.717) is 24.4 Å². The van der Waals surface area contributed by atoms with Crippen molar-refractivity contribution in [3.8, 4) is 5.69 Å². The summed E-state index contributed by atoms with van der Waals surface area (Å²) < 4.78 is 2.00. The molecule has 8 heteroatoms. The molecule has 3 aromatic rings. The molecule has 1 N–H and O–H groups in total. The summed E-state index contributed by atoms with van der Waals surface area (Å²) in [4.78, 5) is 45.0. The Balaban J connectivity index is 1.06. The number of benzene rings is 2. The Labute approximate surface area is 209 Å². The van der Waals surface area contributed by atoms with Gasteiger partial charge in [0.2, 0.25) is 11.8 Å². The molecule has 3 aliphatic heterocycles. The fourth-order valence-corrected chi connectivity index (χ4v) is 5.72. The number of imide groups is 1. The lowest BCUT2D eigenvalue weighted by Crippen LogP contribution is -2.52. The van der Waals surface area contributed by atoms with Crippen molar-refractivity contribution >= 4 is 17.7 Å². The van der Waals surface area contributed by atoms with Crippen LogP contribution in [0.4, 0.5) is 0 Å². The topological polar surface area (TPSA) is 87.5 Å². The SMILES string of the molecule is O=C1CCC(N2Cc3cc(C4CCN(Cc5ccc(-n6ccnc6)cc5)CC4)ccc3C2=O)C(=O)N1. The van der Waals surface area contributed by atoms with E-state index in [1.54, 1.807) is 17.4 Å². The molecule has 0 aliphatic carbocycles. The molecule has 1 unspecified atom stereocenters. The smallest absolute Gasteiger partial charge is 0.255 e. The van der Waals surface area contributed by atoms with Crippen molar-refractivity contribution in [2.45, 2.75) is 50.7 Å². The van der Waals surface area contributed by atoms with Crippen LogP contribution in [0.3, 0.4) is 0 Å². The van der Waals surface area contributed by atoms with E-state index in [0.717, 1.165) is 43.7 Å². The average molecular weight is 484 g/mol. The number of carbonyl (C=O) groups is 3. The maximum Gasteiger partial charge on any atom is 0.255 e. The molecule has 4 heterocycles. The number of fused-ring (bicyclic) bond motifs is 1. The highest BCUT2D eigenvalue weighted by molar-refractivity contribution is 6.05. The highest BCUT2D eigenvalue weighted by Crippen LogP contribution is 2.34. The number of nitrogens with zero attached hydrogens (tertiary/aromatic N) is 4.